The van der Waals surface area contributed by atoms with Crippen LogP contribution in [0.3, 0.4) is 0 Å². The third-order valence-corrected chi connectivity index (χ3v) is 3.23. The maximum atomic E-state index is 10.8. The third kappa shape index (κ3) is 6.15. The second-order valence-electron chi connectivity index (χ2n) is 3.98. The second kappa shape index (κ2) is 9.03. The SMILES string of the molecule is O=C(O)c1ccc(CNCCCOCCO)c(Br)c1. The van der Waals surface area contributed by atoms with Crippen molar-refractivity contribution in [3.63, 3.8) is 0 Å². The molecule has 19 heavy (non-hydrogen) atoms. The van der Waals surface area contributed by atoms with E-state index >= 15 is 0 Å². The molecule has 0 bridgehead atoms. The Labute approximate surface area is 120 Å². The normalized spacial score (nSPS) is 10.6. The van der Waals surface area contributed by atoms with E-state index in [1.807, 2.05) is 0 Å². The van der Waals surface area contributed by atoms with Gasteiger partial charge in [-0.05, 0) is 30.7 Å². The summed E-state index contributed by atoms with van der Waals surface area (Å²) in [5.74, 6) is -0.929. The van der Waals surface area contributed by atoms with Crippen LogP contribution >= 0.6 is 15.9 Å². The number of aliphatic hydroxyl groups is 1. The minimum atomic E-state index is -0.929. The molecule has 0 aliphatic rings. The molecule has 0 aliphatic heterocycles. The zero-order valence-electron chi connectivity index (χ0n) is 10.6. The van der Waals surface area contributed by atoms with Gasteiger partial charge in [0.05, 0.1) is 18.8 Å². The number of hydrogen-bond acceptors (Lipinski definition) is 4. The van der Waals surface area contributed by atoms with Gasteiger partial charge in [0, 0.05) is 17.6 Å². The number of rotatable bonds is 9. The fraction of sp³-hybridized carbons (Fsp3) is 0.462. The van der Waals surface area contributed by atoms with E-state index in [0.29, 0.717) is 19.8 Å². The highest BCUT2D eigenvalue weighted by Gasteiger charge is 2.06. The number of nitrogens with one attached hydrogen (secondary N) is 1. The fourth-order valence-corrected chi connectivity index (χ4v) is 2.03. The molecule has 0 fully saturated rings. The number of ether oxygens (including phenoxy) is 1. The molecule has 0 aliphatic carbocycles. The maximum absolute atomic E-state index is 10.8. The standard InChI is InChI=1S/C13H18BrNO4/c14-12-8-10(13(17)18)2-3-11(12)9-15-4-1-6-19-7-5-16/h2-3,8,15-16H,1,4-7,9H2,(H,17,18). The molecule has 106 valence electrons. The van der Waals surface area contributed by atoms with Gasteiger partial charge in [0.2, 0.25) is 0 Å². The fourth-order valence-electron chi connectivity index (χ4n) is 1.51. The molecule has 0 aromatic heterocycles. The summed E-state index contributed by atoms with van der Waals surface area (Å²) >= 11 is 3.36. The highest BCUT2D eigenvalue weighted by molar-refractivity contribution is 9.10. The van der Waals surface area contributed by atoms with Crippen molar-refractivity contribution in [3.8, 4) is 0 Å². The van der Waals surface area contributed by atoms with Crippen LogP contribution < -0.4 is 5.32 Å². The van der Waals surface area contributed by atoms with Crippen LogP contribution in [0.2, 0.25) is 0 Å². The van der Waals surface area contributed by atoms with E-state index in [2.05, 4.69) is 21.2 Å². The average molecular weight is 332 g/mol. The highest BCUT2D eigenvalue weighted by Crippen LogP contribution is 2.18. The molecular weight excluding hydrogens is 314 g/mol. The minimum Gasteiger partial charge on any atom is -0.478 e. The van der Waals surface area contributed by atoms with Crippen LogP contribution in [-0.4, -0.2) is 42.5 Å². The number of carbonyl (C=O) groups is 1. The average Bonchev–Trinajstić information content (AvgIpc) is 2.39. The quantitative estimate of drug-likeness (QED) is 0.599. The van der Waals surface area contributed by atoms with Crippen molar-refractivity contribution < 1.29 is 19.7 Å². The lowest BCUT2D eigenvalue weighted by atomic mass is 10.1. The summed E-state index contributed by atoms with van der Waals surface area (Å²) in [4.78, 5) is 10.8. The van der Waals surface area contributed by atoms with Gasteiger partial charge in [-0.2, -0.15) is 0 Å². The van der Waals surface area contributed by atoms with E-state index in [-0.39, 0.29) is 12.2 Å². The Bertz CT molecular complexity index is 412. The molecule has 0 spiro atoms. The predicted octanol–water partition coefficient (Wildman–Crippen LogP) is 1.64. The second-order valence-corrected chi connectivity index (χ2v) is 4.83. The molecule has 0 saturated carbocycles. The number of halogens is 1. The summed E-state index contributed by atoms with van der Waals surface area (Å²) in [5.41, 5.74) is 1.29. The van der Waals surface area contributed by atoms with Gasteiger partial charge in [0.25, 0.3) is 0 Å². The van der Waals surface area contributed by atoms with Gasteiger partial charge in [0.1, 0.15) is 0 Å². The zero-order chi connectivity index (χ0) is 14.1. The topological polar surface area (TPSA) is 78.8 Å². The van der Waals surface area contributed by atoms with Gasteiger partial charge >= 0.3 is 5.97 Å². The van der Waals surface area contributed by atoms with Crippen molar-refractivity contribution >= 4 is 21.9 Å². The first-order valence-electron chi connectivity index (χ1n) is 6.06. The lowest BCUT2D eigenvalue weighted by molar-refractivity contribution is 0.0697. The van der Waals surface area contributed by atoms with Crippen molar-refractivity contribution in [1.29, 1.82) is 0 Å². The molecule has 1 aromatic carbocycles. The summed E-state index contributed by atoms with van der Waals surface area (Å²) in [6, 6.07) is 4.99. The summed E-state index contributed by atoms with van der Waals surface area (Å²) in [7, 11) is 0. The van der Waals surface area contributed by atoms with Gasteiger partial charge in [-0.15, -0.1) is 0 Å². The Morgan fingerprint density at radius 3 is 2.79 bits per heavy atom. The first-order valence-corrected chi connectivity index (χ1v) is 6.85. The third-order valence-electron chi connectivity index (χ3n) is 2.49. The van der Waals surface area contributed by atoms with Crippen molar-refractivity contribution in [2.45, 2.75) is 13.0 Å². The van der Waals surface area contributed by atoms with Crippen LogP contribution in [0.5, 0.6) is 0 Å². The van der Waals surface area contributed by atoms with Crippen LogP contribution in [0.25, 0.3) is 0 Å². The Balaban J connectivity index is 2.28. The molecule has 6 heteroatoms. The van der Waals surface area contributed by atoms with Crippen LogP contribution in [0, 0.1) is 0 Å². The Kier molecular flexibility index (Phi) is 7.66. The van der Waals surface area contributed by atoms with Gasteiger partial charge in [-0.3, -0.25) is 0 Å². The molecule has 1 aromatic rings. The summed E-state index contributed by atoms with van der Waals surface area (Å²) in [5, 5.41) is 20.6. The zero-order valence-corrected chi connectivity index (χ0v) is 12.1. The van der Waals surface area contributed by atoms with Crippen molar-refractivity contribution in [3.05, 3.63) is 33.8 Å². The van der Waals surface area contributed by atoms with Crippen LogP contribution in [0.1, 0.15) is 22.3 Å². The van der Waals surface area contributed by atoms with Gasteiger partial charge in [0.15, 0.2) is 0 Å². The van der Waals surface area contributed by atoms with Crippen molar-refractivity contribution in [2.75, 3.05) is 26.4 Å². The molecular formula is C13H18BrNO4. The largest absolute Gasteiger partial charge is 0.478 e. The first kappa shape index (κ1) is 16.1. The summed E-state index contributed by atoms with van der Waals surface area (Å²) in [6.07, 6.45) is 0.866. The minimum absolute atomic E-state index is 0.0519. The van der Waals surface area contributed by atoms with Crippen molar-refractivity contribution in [1.82, 2.24) is 5.32 Å². The summed E-state index contributed by atoms with van der Waals surface area (Å²) in [6.45, 7) is 2.52. The number of carboxylic acids is 1. The number of benzene rings is 1. The van der Waals surface area contributed by atoms with E-state index < -0.39 is 5.97 Å². The van der Waals surface area contributed by atoms with Gasteiger partial charge < -0.3 is 20.3 Å². The molecule has 3 N–H and O–H groups in total. The maximum Gasteiger partial charge on any atom is 0.335 e. The van der Waals surface area contributed by atoms with E-state index in [4.69, 9.17) is 14.9 Å². The van der Waals surface area contributed by atoms with Gasteiger partial charge in [-0.25, -0.2) is 4.79 Å². The van der Waals surface area contributed by atoms with Crippen LogP contribution in [0.4, 0.5) is 0 Å². The predicted molar refractivity (Wildman–Crippen MR) is 75.3 cm³/mol. The monoisotopic (exact) mass is 331 g/mol. The van der Waals surface area contributed by atoms with Crippen LogP contribution in [0.15, 0.2) is 22.7 Å². The molecule has 5 nitrogen and oxygen atoms in total. The number of aliphatic hydroxyl groups excluding tert-OH is 1. The molecule has 0 atom stereocenters. The molecule has 0 heterocycles. The molecule has 0 saturated heterocycles. The number of carboxylic acid groups (broad SMARTS) is 1. The molecule has 1 rings (SSSR count). The Morgan fingerprint density at radius 2 is 2.16 bits per heavy atom. The number of aromatic carboxylic acids is 1. The smallest absolute Gasteiger partial charge is 0.335 e. The van der Waals surface area contributed by atoms with Crippen LogP contribution in [-0.2, 0) is 11.3 Å². The van der Waals surface area contributed by atoms with E-state index in [1.165, 1.54) is 0 Å². The lowest BCUT2D eigenvalue weighted by Crippen LogP contribution is -2.17. The first-order chi connectivity index (χ1) is 9.15. The highest BCUT2D eigenvalue weighted by atomic mass is 79.9. The molecule has 0 radical (unpaired) electrons. The molecule has 0 unspecified atom stereocenters. The molecule has 0 amide bonds. The Morgan fingerprint density at radius 1 is 1.37 bits per heavy atom. The number of hydrogen-bond donors (Lipinski definition) is 3. The lowest BCUT2D eigenvalue weighted by Gasteiger charge is -2.08. The van der Waals surface area contributed by atoms with E-state index in [1.54, 1.807) is 18.2 Å². The van der Waals surface area contributed by atoms with Gasteiger partial charge in [-0.1, -0.05) is 22.0 Å². The summed E-state index contributed by atoms with van der Waals surface area (Å²) < 4.78 is 5.92. The van der Waals surface area contributed by atoms with E-state index in [9.17, 15) is 4.79 Å². The Hall–Kier alpha value is -0.950. The van der Waals surface area contributed by atoms with E-state index in [0.717, 1.165) is 23.0 Å². The van der Waals surface area contributed by atoms with Crippen molar-refractivity contribution in [2.24, 2.45) is 0 Å².